The van der Waals surface area contributed by atoms with E-state index in [0.29, 0.717) is 16.6 Å². The number of benzene rings is 2. The number of hydrogen-bond donors (Lipinski definition) is 1. The van der Waals surface area contributed by atoms with Gasteiger partial charge in [-0.3, -0.25) is 19.8 Å². The van der Waals surface area contributed by atoms with E-state index in [4.69, 9.17) is 23.2 Å². The lowest BCUT2D eigenvalue weighted by molar-refractivity contribution is -0.383. The van der Waals surface area contributed by atoms with E-state index in [1.54, 1.807) is 18.0 Å². The molecule has 0 atom stereocenters. The zero-order valence-corrected chi connectivity index (χ0v) is 14.3. The number of carbonyl (C=O) groups is 1. The molecule has 0 fully saturated rings. The number of nitrogens with one attached hydrogen (secondary N) is 1. The Morgan fingerprint density at radius 3 is 2.62 bits per heavy atom. The Morgan fingerprint density at radius 1 is 1.25 bits per heavy atom. The van der Waals surface area contributed by atoms with Crippen LogP contribution in [0.1, 0.15) is 5.56 Å². The normalized spacial score (nSPS) is 10.7. The van der Waals surface area contributed by atoms with E-state index >= 15 is 0 Å². The largest absolute Gasteiger partial charge is 0.319 e. The Kier molecular flexibility index (Phi) is 6.14. The maximum absolute atomic E-state index is 12.1. The molecule has 0 aliphatic heterocycles. The maximum Gasteiger partial charge on any atom is 0.292 e. The molecule has 0 unspecified atom stereocenters. The van der Waals surface area contributed by atoms with Crippen molar-refractivity contribution >= 4 is 40.5 Å². The van der Waals surface area contributed by atoms with Crippen LogP contribution in [0.2, 0.25) is 10.0 Å². The molecule has 0 radical (unpaired) electrons. The number of carbonyl (C=O) groups excluding carboxylic acids is 1. The van der Waals surface area contributed by atoms with E-state index in [2.05, 4.69) is 5.32 Å². The molecule has 0 bridgehead atoms. The zero-order valence-electron chi connectivity index (χ0n) is 12.8. The van der Waals surface area contributed by atoms with Crippen LogP contribution in [0, 0.1) is 10.1 Å². The summed E-state index contributed by atoms with van der Waals surface area (Å²) in [6.45, 7) is 0.527. The van der Waals surface area contributed by atoms with Crippen LogP contribution in [0.5, 0.6) is 0 Å². The number of anilines is 1. The van der Waals surface area contributed by atoms with Gasteiger partial charge in [0.1, 0.15) is 5.69 Å². The summed E-state index contributed by atoms with van der Waals surface area (Å²) < 4.78 is 0. The lowest BCUT2D eigenvalue weighted by Crippen LogP contribution is -2.30. The van der Waals surface area contributed by atoms with Crippen LogP contribution in [0.3, 0.4) is 0 Å². The van der Waals surface area contributed by atoms with Gasteiger partial charge in [-0.15, -0.1) is 0 Å². The van der Waals surface area contributed by atoms with E-state index < -0.39 is 4.92 Å². The zero-order chi connectivity index (χ0) is 17.7. The number of nitrogens with zero attached hydrogens (tertiary/aromatic N) is 2. The molecule has 0 saturated carbocycles. The van der Waals surface area contributed by atoms with Crippen LogP contribution in [-0.4, -0.2) is 29.3 Å². The molecule has 1 N–H and O–H groups in total. The Labute approximate surface area is 149 Å². The molecule has 1 amide bonds. The number of halogens is 2. The second kappa shape index (κ2) is 8.10. The highest BCUT2D eigenvalue weighted by Crippen LogP contribution is 2.27. The summed E-state index contributed by atoms with van der Waals surface area (Å²) in [4.78, 5) is 24.3. The summed E-state index contributed by atoms with van der Waals surface area (Å²) in [6, 6.07) is 11.4. The smallest absolute Gasteiger partial charge is 0.292 e. The van der Waals surface area contributed by atoms with Gasteiger partial charge in [0.05, 0.1) is 11.5 Å². The fraction of sp³-hybridized carbons (Fsp3) is 0.188. The Balaban J connectivity index is 2.02. The molecular weight excluding hydrogens is 353 g/mol. The van der Waals surface area contributed by atoms with Crippen molar-refractivity contribution in [2.75, 3.05) is 18.9 Å². The van der Waals surface area contributed by atoms with Crippen molar-refractivity contribution in [3.63, 3.8) is 0 Å². The van der Waals surface area contributed by atoms with E-state index in [9.17, 15) is 14.9 Å². The van der Waals surface area contributed by atoms with Gasteiger partial charge in [0, 0.05) is 22.7 Å². The van der Waals surface area contributed by atoms with Crippen molar-refractivity contribution in [3.8, 4) is 0 Å². The monoisotopic (exact) mass is 367 g/mol. The van der Waals surface area contributed by atoms with Gasteiger partial charge in [0.15, 0.2) is 0 Å². The summed E-state index contributed by atoms with van der Waals surface area (Å²) in [5.41, 5.74) is 0.758. The summed E-state index contributed by atoms with van der Waals surface area (Å²) in [5, 5.41) is 14.5. The Hall–Kier alpha value is -2.15. The molecule has 126 valence electrons. The number of rotatable bonds is 6. The molecule has 0 spiro atoms. The van der Waals surface area contributed by atoms with Crippen molar-refractivity contribution in [1.82, 2.24) is 4.90 Å². The fourth-order valence-corrected chi connectivity index (χ4v) is 2.54. The average Bonchev–Trinajstić information content (AvgIpc) is 2.49. The van der Waals surface area contributed by atoms with Crippen LogP contribution in [0.4, 0.5) is 11.4 Å². The van der Waals surface area contributed by atoms with Crippen molar-refractivity contribution in [1.29, 1.82) is 0 Å². The SMILES string of the molecule is CN(CC(=O)Nc1cc(Cl)ccc1[N+](=O)[O-])Cc1ccccc1Cl. The van der Waals surface area contributed by atoms with Crippen LogP contribution in [-0.2, 0) is 11.3 Å². The third-order valence-electron chi connectivity index (χ3n) is 3.24. The molecule has 24 heavy (non-hydrogen) atoms. The van der Waals surface area contributed by atoms with Gasteiger partial charge in [-0.2, -0.15) is 0 Å². The van der Waals surface area contributed by atoms with Crippen molar-refractivity contribution in [2.24, 2.45) is 0 Å². The van der Waals surface area contributed by atoms with Crippen molar-refractivity contribution in [3.05, 3.63) is 68.2 Å². The Morgan fingerprint density at radius 2 is 1.96 bits per heavy atom. The first kappa shape index (κ1) is 18.2. The lowest BCUT2D eigenvalue weighted by Gasteiger charge is -2.17. The van der Waals surface area contributed by atoms with Crippen LogP contribution >= 0.6 is 23.2 Å². The summed E-state index contributed by atoms with van der Waals surface area (Å²) in [6.07, 6.45) is 0. The number of amides is 1. The second-order valence-corrected chi connectivity index (χ2v) is 6.07. The fourth-order valence-electron chi connectivity index (χ4n) is 2.18. The van der Waals surface area contributed by atoms with E-state index in [-0.39, 0.29) is 23.8 Å². The predicted octanol–water partition coefficient (Wildman–Crippen LogP) is 3.97. The first-order chi connectivity index (χ1) is 11.4. The van der Waals surface area contributed by atoms with Crippen LogP contribution < -0.4 is 5.32 Å². The first-order valence-corrected chi connectivity index (χ1v) is 7.78. The highest BCUT2D eigenvalue weighted by molar-refractivity contribution is 6.31. The van der Waals surface area contributed by atoms with E-state index in [1.807, 2.05) is 18.2 Å². The second-order valence-electron chi connectivity index (χ2n) is 5.23. The average molecular weight is 368 g/mol. The van der Waals surface area contributed by atoms with Crippen molar-refractivity contribution in [2.45, 2.75) is 6.54 Å². The maximum atomic E-state index is 12.1. The topological polar surface area (TPSA) is 75.5 Å². The molecular formula is C16H15Cl2N3O3. The van der Waals surface area contributed by atoms with Crippen LogP contribution in [0.15, 0.2) is 42.5 Å². The van der Waals surface area contributed by atoms with Gasteiger partial charge in [0.2, 0.25) is 5.91 Å². The van der Waals surface area contributed by atoms with Gasteiger partial charge in [-0.05, 0) is 30.8 Å². The number of nitro groups is 1. The first-order valence-electron chi connectivity index (χ1n) is 7.02. The van der Waals surface area contributed by atoms with Gasteiger partial charge < -0.3 is 5.32 Å². The summed E-state index contributed by atoms with van der Waals surface area (Å²) in [7, 11) is 1.76. The van der Waals surface area contributed by atoms with E-state index in [1.165, 1.54) is 18.2 Å². The van der Waals surface area contributed by atoms with Gasteiger partial charge >= 0.3 is 0 Å². The molecule has 2 rings (SSSR count). The third kappa shape index (κ3) is 4.92. The Bertz CT molecular complexity index is 768. The number of likely N-dealkylation sites (N-methyl/N-ethyl adjacent to an activating group) is 1. The molecule has 0 aromatic heterocycles. The lowest BCUT2D eigenvalue weighted by atomic mass is 10.2. The van der Waals surface area contributed by atoms with Crippen LogP contribution in [0.25, 0.3) is 0 Å². The minimum absolute atomic E-state index is 0.0505. The molecule has 0 aliphatic carbocycles. The van der Waals surface area contributed by atoms with Crippen molar-refractivity contribution < 1.29 is 9.72 Å². The quantitative estimate of drug-likeness (QED) is 0.618. The van der Waals surface area contributed by atoms with E-state index in [0.717, 1.165) is 5.56 Å². The summed E-state index contributed by atoms with van der Waals surface area (Å²) in [5.74, 6) is -0.380. The molecule has 0 heterocycles. The molecule has 2 aromatic carbocycles. The minimum Gasteiger partial charge on any atom is -0.319 e. The standard InChI is InChI=1S/C16H15Cl2N3O3/c1-20(9-11-4-2-3-5-13(11)18)10-16(22)19-14-8-12(17)6-7-15(14)21(23)24/h2-8H,9-10H2,1H3,(H,19,22). The molecule has 2 aromatic rings. The predicted molar refractivity (Wildman–Crippen MR) is 94.5 cm³/mol. The van der Waals surface area contributed by atoms with Gasteiger partial charge in [-0.25, -0.2) is 0 Å². The van der Waals surface area contributed by atoms with Gasteiger partial charge in [0.25, 0.3) is 5.69 Å². The number of nitro benzene ring substituents is 1. The number of hydrogen-bond acceptors (Lipinski definition) is 4. The molecule has 0 saturated heterocycles. The van der Waals surface area contributed by atoms with Gasteiger partial charge in [-0.1, -0.05) is 41.4 Å². The molecule has 6 nitrogen and oxygen atoms in total. The molecule has 8 heteroatoms. The summed E-state index contributed by atoms with van der Waals surface area (Å²) >= 11 is 11.9. The highest BCUT2D eigenvalue weighted by Gasteiger charge is 2.17. The highest BCUT2D eigenvalue weighted by atomic mass is 35.5. The third-order valence-corrected chi connectivity index (χ3v) is 3.84. The molecule has 0 aliphatic rings. The minimum atomic E-state index is -0.570.